The second-order valence-corrected chi connectivity index (χ2v) is 10.4. The highest BCUT2D eigenvalue weighted by Crippen LogP contribution is 2.43. The molecule has 2 aliphatic rings. The molecule has 3 unspecified atom stereocenters. The number of hydrogen-bond donors (Lipinski definition) is 1. The Labute approximate surface area is 131 Å². The summed E-state index contributed by atoms with van der Waals surface area (Å²) >= 11 is 0. The van der Waals surface area contributed by atoms with Crippen molar-refractivity contribution in [3.8, 4) is 0 Å². The fourth-order valence-corrected chi connectivity index (χ4v) is 6.78. The van der Waals surface area contributed by atoms with E-state index in [9.17, 15) is 8.42 Å². The molecule has 0 heterocycles. The smallest absolute Gasteiger partial charge is 0.157 e. The van der Waals surface area contributed by atoms with Crippen LogP contribution in [0.4, 0.5) is 0 Å². The standard InChI is InChI=1S/C17H33NO2S/c1-4-17(2,3)13-10-11-15(18)16(12-13)21(19,20)14-8-6-5-7-9-14/h13-16H,4-12,18H2,1-3H3. The minimum atomic E-state index is -3.06. The van der Waals surface area contributed by atoms with Crippen molar-refractivity contribution in [2.45, 2.75) is 95.1 Å². The average molecular weight is 316 g/mol. The monoisotopic (exact) mass is 315 g/mol. The first-order valence-electron chi connectivity index (χ1n) is 8.77. The molecular weight excluding hydrogens is 282 g/mol. The third kappa shape index (κ3) is 3.64. The maximum atomic E-state index is 13.0. The SMILES string of the molecule is CCC(C)(C)C1CCC(N)C(S(=O)(=O)C2CCCCC2)C1. The van der Waals surface area contributed by atoms with Crippen LogP contribution < -0.4 is 5.73 Å². The molecule has 2 aliphatic carbocycles. The van der Waals surface area contributed by atoms with Crippen molar-refractivity contribution in [1.82, 2.24) is 0 Å². The lowest BCUT2D eigenvalue weighted by Gasteiger charge is -2.43. The first-order valence-corrected chi connectivity index (χ1v) is 10.4. The second kappa shape index (κ2) is 6.57. The maximum Gasteiger partial charge on any atom is 0.157 e. The molecule has 2 saturated carbocycles. The summed E-state index contributed by atoms with van der Waals surface area (Å²) in [6.45, 7) is 6.76. The molecule has 0 aromatic heterocycles. The van der Waals surface area contributed by atoms with Gasteiger partial charge in [-0.1, -0.05) is 46.5 Å². The van der Waals surface area contributed by atoms with Gasteiger partial charge < -0.3 is 5.73 Å². The van der Waals surface area contributed by atoms with Crippen molar-refractivity contribution in [3.05, 3.63) is 0 Å². The molecule has 3 atom stereocenters. The van der Waals surface area contributed by atoms with Gasteiger partial charge in [0.25, 0.3) is 0 Å². The molecule has 0 radical (unpaired) electrons. The number of hydrogen-bond acceptors (Lipinski definition) is 3. The molecule has 2 fully saturated rings. The van der Waals surface area contributed by atoms with E-state index < -0.39 is 9.84 Å². The van der Waals surface area contributed by atoms with E-state index in [1.807, 2.05) is 0 Å². The summed E-state index contributed by atoms with van der Waals surface area (Å²) in [7, 11) is -3.06. The molecular formula is C17H33NO2S. The van der Waals surface area contributed by atoms with E-state index in [1.165, 1.54) is 6.42 Å². The van der Waals surface area contributed by atoms with Crippen molar-refractivity contribution in [2.75, 3.05) is 0 Å². The van der Waals surface area contributed by atoms with Gasteiger partial charge in [0.15, 0.2) is 9.84 Å². The van der Waals surface area contributed by atoms with Crippen LogP contribution in [0.2, 0.25) is 0 Å². The molecule has 2 rings (SSSR count). The van der Waals surface area contributed by atoms with E-state index >= 15 is 0 Å². The normalized spacial score (nSPS) is 33.0. The molecule has 124 valence electrons. The highest BCUT2D eigenvalue weighted by atomic mass is 32.2. The van der Waals surface area contributed by atoms with Gasteiger partial charge in [-0.2, -0.15) is 0 Å². The predicted molar refractivity (Wildman–Crippen MR) is 89.0 cm³/mol. The Morgan fingerprint density at radius 2 is 1.67 bits per heavy atom. The van der Waals surface area contributed by atoms with Gasteiger partial charge in [-0.25, -0.2) is 8.42 Å². The lowest BCUT2D eigenvalue weighted by atomic mass is 9.69. The van der Waals surface area contributed by atoms with Crippen LogP contribution in [0.15, 0.2) is 0 Å². The molecule has 0 amide bonds. The quantitative estimate of drug-likeness (QED) is 0.861. The van der Waals surface area contributed by atoms with Crippen LogP contribution in [0.5, 0.6) is 0 Å². The fraction of sp³-hybridized carbons (Fsp3) is 1.00. The molecule has 2 N–H and O–H groups in total. The Morgan fingerprint density at radius 3 is 2.24 bits per heavy atom. The Hall–Kier alpha value is -0.0900. The van der Waals surface area contributed by atoms with Crippen molar-refractivity contribution < 1.29 is 8.42 Å². The Kier molecular flexibility index (Phi) is 5.40. The van der Waals surface area contributed by atoms with E-state index in [4.69, 9.17) is 5.73 Å². The Morgan fingerprint density at radius 1 is 1.05 bits per heavy atom. The third-order valence-electron chi connectivity index (χ3n) is 6.30. The van der Waals surface area contributed by atoms with E-state index in [0.717, 1.165) is 51.4 Å². The molecule has 0 aliphatic heterocycles. The van der Waals surface area contributed by atoms with Crippen LogP contribution in [-0.4, -0.2) is 25.0 Å². The van der Waals surface area contributed by atoms with Gasteiger partial charge in [0.1, 0.15) is 0 Å². The number of sulfone groups is 1. The topological polar surface area (TPSA) is 60.2 Å². The van der Waals surface area contributed by atoms with Crippen LogP contribution in [0.3, 0.4) is 0 Å². The van der Waals surface area contributed by atoms with Gasteiger partial charge in [0.05, 0.1) is 10.5 Å². The number of nitrogens with two attached hydrogens (primary N) is 1. The van der Waals surface area contributed by atoms with E-state index in [1.54, 1.807) is 0 Å². The summed E-state index contributed by atoms with van der Waals surface area (Å²) in [5, 5.41) is -0.420. The van der Waals surface area contributed by atoms with Gasteiger partial charge in [0, 0.05) is 6.04 Å². The van der Waals surface area contributed by atoms with Crippen molar-refractivity contribution >= 4 is 9.84 Å². The zero-order valence-corrected chi connectivity index (χ0v) is 14.8. The van der Waals surface area contributed by atoms with Crippen molar-refractivity contribution in [3.63, 3.8) is 0 Å². The van der Waals surface area contributed by atoms with Crippen molar-refractivity contribution in [1.29, 1.82) is 0 Å². The second-order valence-electron chi connectivity index (χ2n) is 7.90. The highest BCUT2D eigenvalue weighted by Gasteiger charge is 2.44. The predicted octanol–water partition coefficient (Wildman–Crippen LogP) is 3.67. The van der Waals surface area contributed by atoms with Gasteiger partial charge in [-0.3, -0.25) is 0 Å². The van der Waals surface area contributed by atoms with E-state index in [-0.39, 0.29) is 22.0 Å². The van der Waals surface area contributed by atoms with Crippen LogP contribution in [0.1, 0.15) is 78.6 Å². The third-order valence-corrected chi connectivity index (χ3v) is 9.08. The summed E-state index contributed by atoms with van der Waals surface area (Å²) in [6, 6.07) is -0.152. The lowest BCUT2D eigenvalue weighted by molar-refractivity contribution is 0.146. The molecule has 0 saturated heterocycles. The average Bonchev–Trinajstić information content (AvgIpc) is 2.48. The van der Waals surface area contributed by atoms with Crippen LogP contribution in [0, 0.1) is 11.3 Å². The molecule has 0 spiro atoms. The van der Waals surface area contributed by atoms with Crippen LogP contribution in [-0.2, 0) is 9.84 Å². The molecule has 4 heteroatoms. The Bertz CT molecular complexity index is 438. The van der Waals surface area contributed by atoms with Crippen molar-refractivity contribution in [2.24, 2.45) is 17.1 Å². The number of rotatable bonds is 4. The largest absolute Gasteiger partial charge is 0.327 e. The maximum absolute atomic E-state index is 13.0. The zero-order valence-electron chi connectivity index (χ0n) is 14.0. The molecule has 0 aromatic rings. The minimum Gasteiger partial charge on any atom is -0.327 e. The molecule has 0 bridgehead atoms. The first-order chi connectivity index (χ1) is 9.79. The van der Waals surface area contributed by atoms with Gasteiger partial charge >= 0.3 is 0 Å². The highest BCUT2D eigenvalue weighted by molar-refractivity contribution is 7.92. The van der Waals surface area contributed by atoms with E-state index in [0.29, 0.717) is 5.92 Å². The van der Waals surface area contributed by atoms with Gasteiger partial charge in [-0.15, -0.1) is 0 Å². The molecule has 3 nitrogen and oxygen atoms in total. The lowest BCUT2D eigenvalue weighted by Crippen LogP contribution is -2.50. The summed E-state index contributed by atoms with van der Waals surface area (Å²) in [5.41, 5.74) is 6.46. The summed E-state index contributed by atoms with van der Waals surface area (Å²) in [6.07, 6.45) is 8.85. The molecule has 0 aromatic carbocycles. The zero-order chi connectivity index (χ0) is 15.7. The van der Waals surface area contributed by atoms with Gasteiger partial charge in [-0.05, 0) is 43.4 Å². The first kappa shape index (κ1) is 17.3. The van der Waals surface area contributed by atoms with Crippen LogP contribution in [0.25, 0.3) is 0 Å². The van der Waals surface area contributed by atoms with Crippen LogP contribution >= 0.6 is 0 Å². The summed E-state index contributed by atoms with van der Waals surface area (Å²) in [5.74, 6) is 0.491. The van der Waals surface area contributed by atoms with E-state index in [2.05, 4.69) is 20.8 Å². The Balaban J connectivity index is 2.16. The summed E-state index contributed by atoms with van der Waals surface area (Å²) in [4.78, 5) is 0. The summed E-state index contributed by atoms with van der Waals surface area (Å²) < 4.78 is 26.1. The minimum absolute atomic E-state index is 0.120. The van der Waals surface area contributed by atoms with Gasteiger partial charge in [0.2, 0.25) is 0 Å². The molecule has 21 heavy (non-hydrogen) atoms. The fourth-order valence-electron chi connectivity index (χ4n) is 4.17.